The number of amides is 1. The Morgan fingerprint density at radius 3 is 2.28 bits per heavy atom. The van der Waals surface area contributed by atoms with E-state index in [1.165, 1.54) is 25.7 Å². The fourth-order valence-corrected chi connectivity index (χ4v) is 1.63. The molecule has 0 aromatic carbocycles. The summed E-state index contributed by atoms with van der Waals surface area (Å²) in [5, 5.41) is 11.0. The number of hydrogen-bond acceptors (Lipinski definition) is 2. The van der Waals surface area contributed by atoms with Gasteiger partial charge in [0, 0.05) is 18.7 Å². The van der Waals surface area contributed by atoms with Crippen LogP contribution in [-0.2, 0) is 9.59 Å². The number of aliphatic carboxylic acids is 1. The lowest BCUT2D eigenvalue weighted by Gasteiger charge is -2.04. The summed E-state index contributed by atoms with van der Waals surface area (Å²) in [5.74, 6) is -0.655. The van der Waals surface area contributed by atoms with E-state index in [2.05, 4.69) is 19.2 Å². The van der Waals surface area contributed by atoms with E-state index in [0.717, 1.165) is 30.9 Å². The van der Waals surface area contributed by atoms with Crippen LogP contribution in [-0.4, -0.2) is 23.5 Å². The first-order valence-corrected chi connectivity index (χ1v) is 6.71. The summed E-state index contributed by atoms with van der Waals surface area (Å²) in [6.45, 7) is 5.09. The number of unbranched alkanes of at least 4 members (excludes halogenated alkanes) is 4. The number of nitrogens with one attached hydrogen (secondary N) is 1. The van der Waals surface area contributed by atoms with Gasteiger partial charge < -0.3 is 10.4 Å². The molecule has 0 saturated carbocycles. The minimum Gasteiger partial charge on any atom is -0.478 e. The molecular formula is C14H25NO3. The first kappa shape index (κ1) is 16.7. The van der Waals surface area contributed by atoms with Crippen molar-refractivity contribution in [2.75, 3.05) is 6.54 Å². The maximum atomic E-state index is 11.1. The fourth-order valence-electron chi connectivity index (χ4n) is 1.63. The van der Waals surface area contributed by atoms with Crippen molar-refractivity contribution >= 4 is 11.9 Å². The van der Waals surface area contributed by atoms with Crippen molar-refractivity contribution in [1.82, 2.24) is 5.32 Å². The molecule has 0 bridgehead atoms. The molecule has 0 rings (SSSR count). The molecular weight excluding hydrogens is 230 g/mol. The SMILES string of the molecule is CC(C)CCCCCCCNC(=O)/C=C\C(=O)O. The number of carbonyl (C=O) groups excluding carboxylic acids is 1. The molecule has 0 heterocycles. The predicted molar refractivity (Wildman–Crippen MR) is 72.3 cm³/mol. The average molecular weight is 255 g/mol. The van der Waals surface area contributed by atoms with Crippen LogP contribution in [0.25, 0.3) is 0 Å². The lowest BCUT2D eigenvalue weighted by atomic mass is 10.0. The van der Waals surface area contributed by atoms with Gasteiger partial charge in [-0.05, 0) is 12.3 Å². The van der Waals surface area contributed by atoms with Gasteiger partial charge in [0.25, 0.3) is 0 Å². The molecule has 0 aromatic heterocycles. The first-order chi connectivity index (χ1) is 8.52. The Hall–Kier alpha value is -1.32. The highest BCUT2D eigenvalue weighted by Gasteiger charge is 1.97. The summed E-state index contributed by atoms with van der Waals surface area (Å²) in [6, 6.07) is 0. The first-order valence-electron chi connectivity index (χ1n) is 6.71. The minimum absolute atomic E-state index is 0.336. The third kappa shape index (κ3) is 12.7. The molecule has 0 aliphatic rings. The van der Waals surface area contributed by atoms with Crippen molar-refractivity contribution in [2.24, 2.45) is 5.92 Å². The second kappa shape index (κ2) is 10.8. The molecule has 4 heteroatoms. The average Bonchev–Trinajstić information content (AvgIpc) is 2.29. The Balaban J connectivity index is 3.30. The van der Waals surface area contributed by atoms with E-state index in [0.29, 0.717) is 6.54 Å². The van der Waals surface area contributed by atoms with Crippen LogP contribution in [0.4, 0.5) is 0 Å². The molecule has 18 heavy (non-hydrogen) atoms. The lowest BCUT2D eigenvalue weighted by Crippen LogP contribution is -2.22. The van der Waals surface area contributed by atoms with E-state index in [9.17, 15) is 9.59 Å². The molecule has 0 aliphatic carbocycles. The van der Waals surface area contributed by atoms with Crippen molar-refractivity contribution in [3.63, 3.8) is 0 Å². The van der Waals surface area contributed by atoms with Gasteiger partial charge >= 0.3 is 5.97 Å². The summed E-state index contributed by atoms with van der Waals surface area (Å²) < 4.78 is 0. The van der Waals surface area contributed by atoms with Crippen LogP contribution in [0, 0.1) is 5.92 Å². The summed E-state index contributed by atoms with van der Waals surface area (Å²) in [4.78, 5) is 21.3. The molecule has 0 saturated heterocycles. The Labute approximate surface area is 109 Å². The molecule has 0 aliphatic heterocycles. The number of hydrogen-bond donors (Lipinski definition) is 2. The molecule has 0 aromatic rings. The molecule has 4 nitrogen and oxygen atoms in total. The van der Waals surface area contributed by atoms with Crippen LogP contribution in [0.3, 0.4) is 0 Å². The highest BCUT2D eigenvalue weighted by molar-refractivity contribution is 5.93. The minimum atomic E-state index is -1.10. The van der Waals surface area contributed by atoms with Crippen LogP contribution in [0.1, 0.15) is 52.4 Å². The zero-order valence-corrected chi connectivity index (χ0v) is 11.4. The van der Waals surface area contributed by atoms with Gasteiger partial charge in [0.1, 0.15) is 0 Å². The fraction of sp³-hybridized carbons (Fsp3) is 0.714. The van der Waals surface area contributed by atoms with Gasteiger partial charge in [-0.3, -0.25) is 4.79 Å². The normalized spacial score (nSPS) is 11.1. The summed E-state index contributed by atoms with van der Waals surface area (Å²) in [5.41, 5.74) is 0. The second-order valence-corrected chi connectivity index (χ2v) is 4.91. The highest BCUT2D eigenvalue weighted by atomic mass is 16.4. The maximum Gasteiger partial charge on any atom is 0.328 e. The summed E-state index contributed by atoms with van der Waals surface area (Å²) in [7, 11) is 0. The van der Waals surface area contributed by atoms with Gasteiger partial charge in [-0.1, -0.05) is 46.0 Å². The van der Waals surface area contributed by atoms with E-state index in [-0.39, 0.29) is 5.91 Å². The summed E-state index contributed by atoms with van der Waals surface area (Å²) >= 11 is 0. The van der Waals surface area contributed by atoms with Gasteiger partial charge in [0.15, 0.2) is 0 Å². The smallest absolute Gasteiger partial charge is 0.328 e. The highest BCUT2D eigenvalue weighted by Crippen LogP contribution is 2.10. The topological polar surface area (TPSA) is 66.4 Å². The van der Waals surface area contributed by atoms with E-state index in [4.69, 9.17) is 5.11 Å². The molecule has 104 valence electrons. The third-order valence-electron chi connectivity index (χ3n) is 2.63. The Bertz CT molecular complexity index is 272. The van der Waals surface area contributed by atoms with Gasteiger partial charge in [-0.25, -0.2) is 4.79 Å². The van der Waals surface area contributed by atoms with E-state index in [1.54, 1.807) is 0 Å². The van der Waals surface area contributed by atoms with Gasteiger partial charge in [0.2, 0.25) is 5.91 Å². The number of carboxylic acid groups (broad SMARTS) is 1. The van der Waals surface area contributed by atoms with Gasteiger partial charge in [-0.15, -0.1) is 0 Å². The van der Waals surface area contributed by atoms with Crippen LogP contribution < -0.4 is 5.32 Å². The molecule has 0 spiro atoms. The predicted octanol–water partition coefficient (Wildman–Crippen LogP) is 2.74. The Morgan fingerprint density at radius 2 is 1.67 bits per heavy atom. The van der Waals surface area contributed by atoms with Crippen molar-refractivity contribution in [3.8, 4) is 0 Å². The second-order valence-electron chi connectivity index (χ2n) is 4.91. The Kier molecular flexibility index (Phi) is 10.0. The standard InChI is InChI=1S/C14H25NO3/c1-12(2)8-6-4-3-5-7-11-15-13(16)9-10-14(17)18/h9-10,12H,3-8,11H2,1-2H3,(H,15,16)(H,17,18)/b10-9-. The van der Waals surface area contributed by atoms with Gasteiger partial charge in [-0.2, -0.15) is 0 Å². The van der Waals surface area contributed by atoms with E-state index >= 15 is 0 Å². The van der Waals surface area contributed by atoms with Crippen LogP contribution in [0.15, 0.2) is 12.2 Å². The number of rotatable bonds is 10. The Morgan fingerprint density at radius 1 is 1.06 bits per heavy atom. The zero-order valence-electron chi connectivity index (χ0n) is 11.4. The lowest BCUT2D eigenvalue weighted by molar-refractivity contribution is -0.131. The van der Waals surface area contributed by atoms with E-state index < -0.39 is 5.97 Å². The molecule has 0 fully saturated rings. The molecule has 1 amide bonds. The number of carboxylic acids is 1. The molecule has 2 N–H and O–H groups in total. The van der Waals surface area contributed by atoms with Crippen LogP contribution in [0.5, 0.6) is 0 Å². The van der Waals surface area contributed by atoms with Crippen molar-refractivity contribution in [2.45, 2.75) is 52.4 Å². The maximum absolute atomic E-state index is 11.1. The monoisotopic (exact) mass is 255 g/mol. The molecule has 0 unspecified atom stereocenters. The largest absolute Gasteiger partial charge is 0.478 e. The van der Waals surface area contributed by atoms with Crippen molar-refractivity contribution < 1.29 is 14.7 Å². The van der Waals surface area contributed by atoms with Crippen LogP contribution in [0.2, 0.25) is 0 Å². The zero-order chi connectivity index (χ0) is 13.8. The quantitative estimate of drug-likeness (QED) is 0.466. The van der Waals surface area contributed by atoms with E-state index in [1.807, 2.05) is 0 Å². The molecule has 0 radical (unpaired) electrons. The van der Waals surface area contributed by atoms with Crippen LogP contribution >= 0.6 is 0 Å². The van der Waals surface area contributed by atoms with Gasteiger partial charge in [0.05, 0.1) is 0 Å². The molecule has 0 atom stereocenters. The third-order valence-corrected chi connectivity index (χ3v) is 2.63. The number of carbonyl (C=O) groups is 2. The van der Waals surface area contributed by atoms with Crippen molar-refractivity contribution in [3.05, 3.63) is 12.2 Å². The summed E-state index contributed by atoms with van der Waals surface area (Å²) in [6.07, 6.45) is 8.99. The van der Waals surface area contributed by atoms with Crippen molar-refractivity contribution in [1.29, 1.82) is 0 Å².